The van der Waals surface area contributed by atoms with E-state index in [1.54, 1.807) is 6.08 Å². The van der Waals surface area contributed by atoms with Crippen molar-refractivity contribution in [2.75, 3.05) is 4.90 Å². The normalized spacial score (nSPS) is 13.9. The summed E-state index contributed by atoms with van der Waals surface area (Å²) in [5.41, 5.74) is 12.6. The molecule has 3 nitrogen and oxygen atoms in total. The van der Waals surface area contributed by atoms with Crippen LogP contribution in [-0.4, -0.2) is 11.6 Å². The summed E-state index contributed by atoms with van der Waals surface area (Å²) in [6.45, 7) is 4.64. The number of fused-ring (bicyclic) bond motifs is 6. The maximum absolute atomic E-state index is 13.5. The number of Topliss-reactive ketones (excluding diaryl/α,β-unsaturated/α-hetero) is 2. The van der Waals surface area contributed by atoms with E-state index in [4.69, 9.17) is 0 Å². The first kappa shape index (κ1) is 31.9. The Bertz CT molecular complexity index is 2840. The number of hydrogen-bond acceptors (Lipinski definition) is 3. The fourth-order valence-electron chi connectivity index (χ4n) is 8.58. The van der Waals surface area contributed by atoms with Crippen molar-refractivity contribution in [1.82, 2.24) is 0 Å². The lowest BCUT2D eigenvalue weighted by molar-refractivity contribution is 0.0990. The largest absolute Gasteiger partial charge is 0.310 e. The number of ketones is 2. The third kappa shape index (κ3) is 4.97. The van der Waals surface area contributed by atoms with Crippen LogP contribution in [0, 0.1) is 0 Å². The minimum atomic E-state index is -0.218. The number of anilines is 3. The van der Waals surface area contributed by atoms with Gasteiger partial charge in [-0.25, -0.2) is 0 Å². The van der Waals surface area contributed by atoms with Gasteiger partial charge < -0.3 is 4.90 Å². The fraction of sp³-hybridized carbons (Fsp3) is 0.0588. The summed E-state index contributed by atoms with van der Waals surface area (Å²) in [5.74, 6) is -0.436. The summed E-state index contributed by atoms with van der Waals surface area (Å²) in [6.07, 6.45) is 1.75. The molecule has 0 bridgehead atoms. The van der Waals surface area contributed by atoms with Crippen LogP contribution in [0.4, 0.5) is 17.1 Å². The van der Waals surface area contributed by atoms with Gasteiger partial charge in [0, 0.05) is 33.5 Å². The Kier molecular flexibility index (Phi) is 7.15. The molecular formula is C51H35NO2. The second kappa shape index (κ2) is 12.1. The van der Waals surface area contributed by atoms with Gasteiger partial charge in [-0.1, -0.05) is 135 Å². The summed E-state index contributed by atoms with van der Waals surface area (Å²) >= 11 is 0. The Balaban J connectivity index is 1.08. The topological polar surface area (TPSA) is 37.4 Å². The molecule has 8 aromatic rings. The van der Waals surface area contributed by atoms with E-state index in [1.807, 2.05) is 42.5 Å². The van der Waals surface area contributed by atoms with Crippen molar-refractivity contribution in [3.05, 3.63) is 203 Å². The fourth-order valence-corrected chi connectivity index (χ4v) is 8.58. The van der Waals surface area contributed by atoms with Crippen molar-refractivity contribution >= 4 is 56.2 Å². The molecule has 0 saturated carbocycles. The van der Waals surface area contributed by atoms with E-state index in [0.717, 1.165) is 55.3 Å². The zero-order chi connectivity index (χ0) is 36.6. The first-order valence-electron chi connectivity index (χ1n) is 18.4. The molecule has 256 valence electrons. The van der Waals surface area contributed by atoms with Crippen molar-refractivity contribution in [3.8, 4) is 22.3 Å². The van der Waals surface area contributed by atoms with Crippen LogP contribution >= 0.6 is 0 Å². The lowest BCUT2D eigenvalue weighted by Crippen LogP contribution is -2.16. The molecule has 0 atom stereocenters. The van der Waals surface area contributed by atoms with E-state index in [0.29, 0.717) is 11.1 Å². The van der Waals surface area contributed by atoms with Crippen molar-refractivity contribution < 1.29 is 9.59 Å². The highest BCUT2D eigenvalue weighted by Gasteiger charge is 2.36. The molecule has 2 aliphatic carbocycles. The second-order valence-electron chi connectivity index (χ2n) is 14.9. The molecule has 54 heavy (non-hydrogen) atoms. The number of hydrogen-bond donors (Lipinski definition) is 0. The molecule has 8 aromatic carbocycles. The number of para-hydroxylation sites is 1. The van der Waals surface area contributed by atoms with E-state index in [2.05, 4.69) is 146 Å². The Morgan fingerprint density at radius 1 is 0.444 bits per heavy atom. The van der Waals surface area contributed by atoms with Crippen LogP contribution in [0.25, 0.3) is 49.9 Å². The molecule has 10 rings (SSSR count). The maximum Gasteiger partial charge on any atom is 0.197 e. The van der Waals surface area contributed by atoms with E-state index in [-0.39, 0.29) is 22.6 Å². The molecular weight excluding hydrogens is 659 g/mol. The maximum atomic E-state index is 13.5. The number of carbonyl (C=O) groups excluding carboxylic acids is 2. The summed E-state index contributed by atoms with van der Waals surface area (Å²) in [4.78, 5) is 29.4. The van der Waals surface area contributed by atoms with Crippen LogP contribution in [0.3, 0.4) is 0 Å². The number of allylic oxidation sites excluding steroid dienone is 1. The highest BCUT2D eigenvalue weighted by Crippen LogP contribution is 2.51. The summed E-state index contributed by atoms with van der Waals surface area (Å²) in [6, 6.07) is 59.0. The number of rotatable bonds is 5. The van der Waals surface area contributed by atoms with E-state index in [1.165, 1.54) is 22.3 Å². The van der Waals surface area contributed by atoms with Crippen LogP contribution < -0.4 is 4.90 Å². The van der Waals surface area contributed by atoms with Crippen molar-refractivity contribution in [2.24, 2.45) is 0 Å². The highest BCUT2D eigenvalue weighted by atomic mass is 16.2. The minimum absolute atomic E-state index is 0.141. The van der Waals surface area contributed by atoms with Gasteiger partial charge in [-0.2, -0.15) is 0 Å². The van der Waals surface area contributed by atoms with Crippen LogP contribution in [0.2, 0.25) is 0 Å². The van der Waals surface area contributed by atoms with Gasteiger partial charge in [0.1, 0.15) is 0 Å². The molecule has 0 radical (unpaired) electrons. The Morgan fingerprint density at radius 3 is 1.76 bits per heavy atom. The van der Waals surface area contributed by atoms with E-state index >= 15 is 0 Å². The number of carbonyl (C=O) groups is 2. The first-order valence-corrected chi connectivity index (χ1v) is 18.4. The van der Waals surface area contributed by atoms with Gasteiger partial charge in [0.15, 0.2) is 11.6 Å². The van der Waals surface area contributed by atoms with Crippen molar-refractivity contribution in [2.45, 2.75) is 19.3 Å². The predicted octanol–water partition coefficient (Wildman–Crippen LogP) is 12.9. The zero-order valence-electron chi connectivity index (χ0n) is 30.0. The van der Waals surface area contributed by atoms with Crippen molar-refractivity contribution in [3.63, 3.8) is 0 Å². The van der Waals surface area contributed by atoms with Gasteiger partial charge in [0.05, 0.1) is 11.3 Å². The molecule has 0 heterocycles. The molecule has 0 N–H and O–H groups in total. The molecule has 0 saturated heterocycles. The molecule has 2 aliphatic rings. The molecule has 0 fully saturated rings. The van der Waals surface area contributed by atoms with Crippen LogP contribution in [0.5, 0.6) is 0 Å². The molecule has 0 aromatic heterocycles. The monoisotopic (exact) mass is 693 g/mol. The van der Waals surface area contributed by atoms with Crippen molar-refractivity contribution in [1.29, 1.82) is 0 Å². The lowest BCUT2D eigenvalue weighted by Gasteiger charge is -2.30. The van der Waals surface area contributed by atoms with Crippen LogP contribution in [-0.2, 0) is 5.41 Å². The Labute approximate surface area is 314 Å². The third-order valence-electron chi connectivity index (χ3n) is 11.3. The number of nitrogens with zero attached hydrogens (tertiary/aromatic N) is 1. The predicted molar refractivity (Wildman–Crippen MR) is 222 cm³/mol. The lowest BCUT2D eigenvalue weighted by atomic mass is 9.82. The molecule has 0 unspecified atom stereocenters. The van der Waals surface area contributed by atoms with Crippen LogP contribution in [0.15, 0.2) is 175 Å². The third-order valence-corrected chi connectivity index (χ3v) is 11.3. The molecule has 0 amide bonds. The molecule has 3 heteroatoms. The second-order valence-corrected chi connectivity index (χ2v) is 14.9. The number of benzene rings is 8. The average Bonchev–Trinajstić information content (AvgIpc) is 3.58. The first-order chi connectivity index (χ1) is 26.3. The molecule has 0 aliphatic heterocycles. The Morgan fingerprint density at radius 2 is 1.00 bits per heavy atom. The van der Waals surface area contributed by atoms with Gasteiger partial charge in [-0.3, -0.25) is 9.59 Å². The van der Waals surface area contributed by atoms with Gasteiger partial charge in [0.25, 0.3) is 0 Å². The highest BCUT2D eigenvalue weighted by molar-refractivity contribution is 6.42. The minimum Gasteiger partial charge on any atom is -0.310 e. The van der Waals surface area contributed by atoms with Gasteiger partial charge in [0.2, 0.25) is 0 Å². The summed E-state index contributed by atoms with van der Waals surface area (Å²) < 4.78 is 0. The summed E-state index contributed by atoms with van der Waals surface area (Å²) in [5, 5.41) is 3.99. The van der Waals surface area contributed by atoms with Gasteiger partial charge in [-0.15, -0.1) is 0 Å². The standard InChI is InChI=1S/C51H35NO2/c1-51(2)46-18-10-8-17-41(46)42-25-24-39(31-47(42)51)52(48-19-11-9-16-40(48)33-12-4-3-5-13-33)38-23-22-36-26-32(20-21-37(36)28-38)27-45-49(53)43-29-34-14-6-7-15-35(34)30-44(43)50(45)54/h3-31H,1-2H3. The average molecular weight is 694 g/mol. The van der Waals surface area contributed by atoms with Crippen LogP contribution in [0.1, 0.15) is 51.3 Å². The quantitative estimate of drug-likeness (QED) is 0.133. The van der Waals surface area contributed by atoms with E-state index in [9.17, 15) is 9.59 Å². The smallest absolute Gasteiger partial charge is 0.197 e. The zero-order valence-corrected chi connectivity index (χ0v) is 30.0. The Hall–Kier alpha value is -6.84. The van der Waals surface area contributed by atoms with Gasteiger partial charge in [-0.05, 0) is 110 Å². The van der Waals surface area contributed by atoms with E-state index < -0.39 is 0 Å². The molecule has 0 spiro atoms. The SMILES string of the molecule is CC1(C)c2ccccc2-c2ccc(N(c3ccc4cc(C=C5C(=O)c6cc7ccccc7cc6C5=O)ccc4c3)c3ccccc3-c3ccccc3)cc21. The van der Waals surface area contributed by atoms with Gasteiger partial charge >= 0.3 is 0 Å². The summed E-state index contributed by atoms with van der Waals surface area (Å²) in [7, 11) is 0.